The molecular weight excluding hydrogens is 387 g/mol. The van der Waals surface area contributed by atoms with E-state index in [2.05, 4.69) is 9.97 Å². The molecule has 1 amide bonds. The summed E-state index contributed by atoms with van der Waals surface area (Å²) in [5.41, 5.74) is -0.409. The van der Waals surface area contributed by atoms with Gasteiger partial charge in [-0.15, -0.1) is 0 Å². The fourth-order valence-electron chi connectivity index (χ4n) is 4.25. The highest BCUT2D eigenvalue weighted by Gasteiger charge is 2.48. The van der Waals surface area contributed by atoms with Crippen molar-refractivity contribution >= 4 is 5.91 Å². The molecule has 2 aliphatic rings. The Morgan fingerprint density at radius 2 is 2.00 bits per heavy atom. The molecule has 154 valence electrons. The zero-order chi connectivity index (χ0) is 20.6. The minimum absolute atomic E-state index is 0.102. The number of amides is 1. The fourth-order valence-corrected chi connectivity index (χ4v) is 4.25. The number of fused-ring (bicyclic) bond motifs is 2. The Bertz CT molecular complexity index is 889. The molecule has 0 radical (unpaired) electrons. The minimum Gasteiger partial charge on any atom is -0.491 e. The summed E-state index contributed by atoms with van der Waals surface area (Å²) in [6.45, 7) is 0.144. The number of hydrogen-bond donors (Lipinski definition) is 0. The van der Waals surface area contributed by atoms with Crippen LogP contribution in [0, 0.1) is 5.92 Å². The summed E-state index contributed by atoms with van der Waals surface area (Å²) in [7, 11) is 1.44. The molecule has 2 aromatic rings. The van der Waals surface area contributed by atoms with E-state index in [0.29, 0.717) is 5.56 Å². The van der Waals surface area contributed by atoms with Crippen molar-refractivity contribution in [1.82, 2.24) is 14.9 Å². The molecule has 2 heterocycles. The Morgan fingerprint density at radius 1 is 1.24 bits per heavy atom. The zero-order valence-corrected chi connectivity index (χ0v) is 15.7. The molecule has 1 saturated carbocycles. The van der Waals surface area contributed by atoms with Crippen LogP contribution in [0.2, 0.25) is 0 Å². The van der Waals surface area contributed by atoms with Crippen molar-refractivity contribution < 1.29 is 27.4 Å². The number of methoxy groups -OCH3 is 1. The number of alkyl halides is 3. The number of piperidine rings is 1. The molecule has 6 nitrogen and oxygen atoms in total. The Balaban J connectivity index is 1.49. The SMILES string of the molecule is COc1ncc(C(=O)N2C3CCC(C3)[C@H]2COc2cccc(C(F)(F)F)c2)cn1. The second kappa shape index (κ2) is 7.53. The molecule has 29 heavy (non-hydrogen) atoms. The maximum Gasteiger partial charge on any atom is 0.416 e. The highest BCUT2D eigenvalue weighted by atomic mass is 19.4. The van der Waals surface area contributed by atoms with Gasteiger partial charge in [-0.25, -0.2) is 9.97 Å². The first-order chi connectivity index (χ1) is 13.9. The highest BCUT2D eigenvalue weighted by molar-refractivity contribution is 5.94. The van der Waals surface area contributed by atoms with Gasteiger partial charge in [0.15, 0.2) is 0 Å². The lowest BCUT2D eigenvalue weighted by Gasteiger charge is -2.35. The average molecular weight is 407 g/mol. The zero-order valence-electron chi connectivity index (χ0n) is 15.7. The van der Waals surface area contributed by atoms with Crippen molar-refractivity contribution in [2.75, 3.05) is 13.7 Å². The highest BCUT2D eigenvalue weighted by Crippen LogP contribution is 2.43. The third-order valence-electron chi connectivity index (χ3n) is 5.61. The standard InChI is InChI=1S/C20H20F3N3O3/c1-28-19-24-9-13(10-25-19)18(27)26-15-6-5-12(7-15)17(26)11-29-16-4-2-3-14(8-16)20(21,22)23/h2-4,8-10,12,15,17H,5-7,11H2,1H3/t12?,15?,17-/m1/s1. The van der Waals surface area contributed by atoms with E-state index in [0.717, 1.165) is 31.4 Å². The van der Waals surface area contributed by atoms with Gasteiger partial charge in [0.2, 0.25) is 0 Å². The van der Waals surface area contributed by atoms with E-state index in [9.17, 15) is 18.0 Å². The largest absolute Gasteiger partial charge is 0.491 e. The van der Waals surface area contributed by atoms with Gasteiger partial charge in [-0.1, -0.05) is 6.07 Å². The maximum absolute atomic E-state index is 13.0. The molecule has 1 aliphatic heterocycles. The third-order valence-corrected chi connectivity index (χ3v) is 5.61. The first-order valence-electron chi connectivity index (χ1n) is 9.35. The summed E-state index contributed by atoms with van der Waals surface area (Å²) in [6, 6.07) is 4.87. The average Bonchev–Trinajstić information content (AvgIpc) is 3.33. The van der Waals surface area contributed by atoms with Crippen molar-refractivity contribution in [1.29, 1.82) is 0 Å². The number of likely N-dealkylation sites (tertiary alicyclic amines) is 1. The summed E-state index contributed by atoms with van der Waals surface area (Å²) in [5, 5.41) is 0. The van der Waals surface area contributed by atoms with E-state index < -0.39 is 11.7 Å². The van der Waals surface area contributed by atoms with Gasteiger partial charge in [-0.2, -0.15) is 13.2 Å². The molecular formula is C20H20F3N3O3. The number of ether oxygens (including phenoxy) is 2. The second-order valence-electron chi connectivity index (χ2n) is 7.30. The lowest BCUT2D eigenvalue weighted by molar-refractivity contribution is -0.137. The van der Waals surface area contributed by atoms with Crippen molar-refractivity contribution in [3.63, 3.8) is 0 Å². The first kappa shape index (κ1) is 19.5. The van der Waals surface area contributed by atoms with Crippen LogP contribution in [-0.4, -0.2) is 46.6 Å². The molecule has 1 aromatic heterocycles. The normalized spacial score (nSPS) is 23.3. The predicted octanol–water partition coefficient (Wildman–Crippen LogP) is 3.58. The maximum atomic E-state index is 13.0. The Hall–Kier alpha value is -2.84. The number of aromatic nitrogens is 2. The predicted molar refractivity (Wildman–Crippen MR) is 96.6 cm³/mol. The van der Waals surface area contributed by atoms with Crippen LogP contribution in [0.3, 0.4) is 0 Å². The van der Waals surface area contributed by atoms with Gasteiger partial charge < -0.3 is 14.4 Å². The number of nitrogens with zero attached hydrogens (tertiary/aromatic N) is 3. The van der Waals surface area contributed by atoms with E-state index >= 15 is 0 Å². The van der Waals surface area contributed by atoms with Gasteiger partial charge in [0, 0.05) is 18.4 Å². The van der Waals surface area contributed by atoms with Crippen molar-refractivity contribution in [2.45, 2.75) is 37.5 Å². The topological polar surface area (TPSA) is 64.5 Å². The number of hydrogen-bond acceptors (Lipinski definition) is 5. The summed E-state index contributed by atoms with van der Waals surface area (Å²) < 4.78 is 49.3. The number of rotatable bonds is 5. The lowest BCUT2D eigenvalue weighted by Crippen LogP contribution is -2.47. The molecule has 2 fully saturated rings. The molecule has 9 heteroatoms. The molecule has 1 aliphatic carbocycles. The molecule has 3 atom stereocenters. The van der Waals surface area contributed by atoms with Crippen LogP contribution in [0.25, 0.3) is 0 Å². The molecule has 2 bridgehead atoms. The molecule has 1 aromatic carbocycles. The summed E-state index contributed by atoms with van der Waals surface area (Å²) in [5.74, 6) is 0.217. The van der Waals surface area contributed by atoms with Crippen LogP contribution in [0.4, 0.5) is 13.2 Å². The van der Waals surface area contributed by atoms with Gasteiger partial charge in [-0.3, -0.25) is 4.79 Å². The Labute approximate surface area is 165 Å². The number of carbonyl (C=O) groups excluding carboxylic acids is 1. The van der Waals surface area contributed by atoms with Crippen LogP contribution in [0.15, 0.2) is 36.7 Å². The van der Waals surface area contributed by atoms with Crippen LogP contribution in [0.1, 0.15) is 35.2 Å². The van der Waals surface area contributed by atoms with E-state index in [-0.39, 0.29) is 42.3 Å². The Kier molecular flexibility index (Phi) is 5.06. The monoisotopic (exact) mass is 407 g/mol. The number of halogens is 3. The molecule has 2 unspecified atom stereocenters. The minimum atomic E-state index is -4.43. The van der Waals surface area contributed by atoms with Gasteiger partial charge in [0.05, 0.1) is 24.3 Å². The molecule has 4 rings (SSSR count). The van der Waals surface area contributed by atoms with Crippen LogP contribution >= 0.6 is 0 Å². The lowest BCUT2D eigenvalue weighted by atomic mass is 9.99. The van der Waals surface area contributed by atoms with E-state index in [4.69, 9.17) is 9.47 Å². The van der Waals surface area contributed by atoms with Gasteiger partial charge >= 0.3 is 12.2 Å². The van der Waals surface area contributed by atoms with Crippen LogP contribution < -0.4 is 9.47 Å². The number of benzene rings is 1. The van der Waals surface area contributed by atoms with E-state index in [1.807, 2.05) is 0 Å². The van der Waals surface area contributed by atoms with E-state index in [1.54, 1.807) is 4.90 Å². The number of carbonyl (C=O) groups is 1. The van der Waals surface area contributed by atoms with Crippen molar-refractivity contribution in [3.8, 4) is 11.8 Å². The van der Waals surface area contributed by atoms with Crippen molar-refractivity contribution in [2.24, 2.45) is 5.92 Å². The molecule has 1 saturated heterocycles. The van der Waals surface area contributed by atoms with Gasteiger partial charge in [0.25, 0.3) is 5.91 Å². The van der Waals surface area contributed by atoms with Gasteiger partial charge in [-0.05, 0) is 43.4 Å². The third kappa shape index (κ3) is 3.86. The van der Waals surface area contributed by atoms with Crippen molar-refractivity contribution in [3.05, 3.63) is 47.8 Å². The molecule has 0 N–H and O–H groups in total. The molecule has 0 spiro atoms. The fraction of sp³-hybridized carbons (Fsp3) is 0.450. The summed E-state index contributed by atoms with van der Waals surface area (Å²) in [6.07, 6.45) is 1.18. The second-order valence-corrected chi connectivity index (χ2v) is 7.30. The van der Waals surface area contributed by atoms with Crippen LogP contribution in [0.5, 0.6) is 11.8 Å². The summed E-state index contributed by atoms with van der Waals surface area (Å²) >= 11 is 0. The first-order valence-corrected chi connectivity index (χ1v) is 9.35. The quantitative estimate of drug-likeness (QED) is 0.758. The van der Waals surface area contributed by atoms with Crippen LogP contribution in [-0.2, 0) is 6.18 Å². The smallest absolute Gasteiger partial charge is 0.416 e. The van der Waals surface area contributed by atoms with E-state index in [1.165, 1.54) is 31.6 Å². The summed E-state index contributed by atoms with van der Waals surface area (Å²) in [4.78, 5) is 22.8. The van der Waals surface area contributed by atoms with Gasteiger partial charge in [0.1, 0.15) is 12.4 Å². The Morgan fingerprint density at radius 3 is 2.69 bits per heavy atom.